The number of nitrogens with zero attached hydrogens (tertiary/aromatic N) is 4. The Morgan fingerprint density at radius 1 is 1.17 bits per heavy atom. The van der Waals surface area contributed by atoms with Crippen molar-refractivity contribution in [2.75, 3.05) is 5.32 Å². The number of pyridine rings is 3. The molecule has 0 aliphatic carbocycles. The van der Waals surface area contributed by atoms with Gasteiger partial charge < -0.3 is 10.2 Å². The van der Waals surface area contributed by atoms with Crippen LogP contribution in [-0.2, 0) is 11.4 Å². The highest BCUT2D eigenvalue weighted by molar-refractivity contribution is 6.05. The Labute approximate surface area is 167 Å². The lowest BCUT2D eigenvalue weighted by Crippen LogP contribution is -2.15. The molecule has 0 atom stereocenters. The van der Waals surface area contributed by atoms with E-state index in [4.69, 9.17) is 4.84 Å². The molecule has 0 saturated carbocycles. The van der Waals surface area contributed by atoms with Gasteiger partial charge in [-0.05, 0) is 31.5 Å². The van der Waals surface area contributed by atoms with E-state index in [9.17, 15) is 9.18 Å². The zero-order valence-electron chi connectivity index (χ0n) is 16.1. The minimum atomic E-state index is -0.531. The first kappa shape index (κ1) is 20.1. The summed E-state index contributed by atoms with van der Waals surface area (Å²) >= 11 is 0. The summed E-state index contributed by atoms with van der Waals surface area (Å²) in [5.41, 5.74) is 2.82. The molecule has 0 aromatic carbocycles. The first-order chi connectivity index (χ1) is 14.1. The first-order valence-corrected chi connectivity index (χ1v) is 9.04. The number of hydrogen-bond acceptors (Lipinski definition) is 6. The van der Waals surface area contributed by atoms with Crippen LogP contribution in [0.15, 0.2) is 60.4 Å². The second kappa shape index (κ2) is 9.50. The highest BCUT2D eigenvalue weighted by Crippen LogP contribution is 2.14. The maximum atomic E-state index is 13.6. The fourth-order valence-corrected chi connectivity index (χ4v) is 2.54. The van der Waals surface area contributed by atoms with Gasteiger partial charge >= 0.3 is 0 Å². The molecule has 0 saturated heterocycles. The molecule has 8 heteroatoms. The number of nitrogens with one attached hydrogen (secondary N) is 1. The molecular weight excluding hydrogens is 373 g/mol. The van der Waals surface area contributed by atoms with Gasteiger partial charge in [-0.25, -0.2) is 9.37 Å². The minimum absolute atomic E-state index is 0.162. The van der Waals surface area contributed by atoms with E-state index in [0.717, 1.165) is 23.0 Å². The number of aromatic nitrogens is 3. The zero-order valence-corrected chi connectivity index (χ0v) is 16.1. The van der Waals surface area contributed by atoms with Crippen molar-refractivity contribution < 1.29 is 14.0 Å². The molecule has 1 amide bonds. The average Bonchev–Trinajstić information content (AvgIpc) is 2.74. The predicted molar refractivity (Wildman–Crippen MR) is 107 cm³/mol. The summed E-state index contributed by atoms with van der Waals surface area (Å²) in [6.45, 7) is 3.81. The van der Waals surface area contributed by atoms with Crippen molar-refractivity contribution in [3.63, 3.8) is 0 Å². The molecule has 1 N–H and O–H groups in total. The van der Waals surface area contributed by atoms with Gasteiger partial charge in [-0.1, -0.05) is 18.1 Å². The summed E-state index contributed by atoms with van der Waals surface area (Å²) < 4.78 is 13.6. The van der Waals surface area contributed by atoms with Gasteiger partial charge in [-0.3, -0.25) is 14.8 Å². The zero-order chi connectivity index (χ0) is 20.6. The first-order valence-electron chi connectivity index (χ1n) is 9.04. The molecule has 0 unspecified atom stereocenters. The number of anilines is 1. The van der Waals surface area contributed by atoms with Crippen LogP contribution in [0.1, 0.15) is 40.4 Å². The van der Waals surface area contributed by atoms with Crippen molar-refractivity contribution in [2.24, 2.45) is 5.16 Å². The Morgan fingerprint density at radius 3 is 2.72 bits per heavy atom. The number of carbonyl (C=O) groups excluding carboxylic acids is 1. The van der Waals surface area contributed by atoms with E-state index in [2.05, 4.69) is 25.4 Å². The fraction of sp³-hybridized carbons (Fsp3) is 0.190. The summed E-state index contributed by atoms with van der Waals surface area (Å²) in [5.74, 6) is -0.663. The molecule has 0 aliphatic heterocycles. The number of hydrogen-bond donors (Lipinski definition) is 1. The Kier molecular flexibility index (Phi) is 6.57. The van der Waals surface area contributed by atoms with Crippen LogP contribution in [0.5, 0.6) is 0 Å². The summed E-state index contributed by atoms with van der Waals surface area (Å²) in [6.07, 6.45) is 8.06. The normalized spacial score (nSPS) is 11.2. The second-order valence-electron chi connectivity index (χ2n) is 6.21. The van der Waals surface area contributed by atoms with Gasteiger partial charge in [0.05, 0.1) is 17.5 Å². The highest BCUT2D eigenvalue weighted by Gasteiger charge is 2.13. The number of amides is 1. The molecular formula is C21H20FN5O2. The maximum Gasteiger partial charge on any atom is 0.258 e. The van der Waals surface area contributed by atoms with E-state index in [1.54, 1.807) is 30.7 Å². The Hall–Kier alpha value is -3.68. The van der Waals surface area contributed by atoms with Crippen LogP contribution >= 0.6 is 0 Å². The highest BCUT2D eigenvalue weighted by atomic mass is 19.1. The van der Waals surface area contributed by atoms with Gasteiger partial charge in [0.15, 0.2) is 0 Å². The predicted octanol–water partition coefficient (Wildman–Crippen LogP) is 3.90. The van der Waals surface area contributed by atoms with Crippen LogP contribution < -0.4 is 5.32 Å². The molecule has 0 bridgehead atoms. The molecule has 3 aromatic heterocycles. The lowest BCUT2D eigenvalue weighted by molar-refractivity contribution is 0.102. The van der Waals surface area contributed by atoms with Crippen LogP contribution in [0, 0.1) is 12.7 Å². The Bertz CT molecular complexity index is 1010. The molecule has 7 nitrogen and oxygen atoms in total. The van der Waals surface area contributed by atoms with Crippen LogP contribution in [0.2, 0.25) is 0 Å². The molecule has 3 heterocycles. The molecule has 0 aliphatic rings. The smallest absolute Gasteiger partial charge is 0.258 e. The van der Waals surface area contributed by atoms with E-state index in [-0.39, 0.29) is 11.1 Å². The Balaban J connectivity index is 1.65. The van der Waals surface area contributed by atoms with Crippen molar-refractivity contribution >= 4 is 17.4 Å². The van der Waals surface area contributed by atoms with Gasteiger partial charge in [0.1, 0.15) is 18.2 Å². The number of oxime groups is 1. The molecule has 0 fully saturated rings. The standard InChI is InChI=1S/C21H20FN5O2/c1-3-19(27-29-13-15-5-4-8-23-9-15)16-6-7-20(25-10-16)26-21(28)17-11-24-12-18(22)14(17)2/h4-12H,3,13H2,1-2H3,(H,25,26,28)/b27-19+. The summed E-state index contributed by atoms with van der Waals surface area (Å²) in [5, 5.41) is 6.82. The molecule has 3 aromatic rings. The molecule has 3 rings (SSSR count). The number of halogens is 1. The molecule has 148 valence electrons. The summed E-state index contributed by atoms with van der Waals surface area (Å²) in [7, 11) is 0. The average molecular weight is 393 g/mol. The largest absolute Gasteiger partial charge is 0.391 e. The minimum Gasteiger partial charge on any atom is -0.391 e. The maximum absolute atomic E-state index is 13.6. The topological polar surface area (TPSA) is 89.4 Å². The van der Waals surface area contributed by atoms with Crippen LogP contribution in [0.25, 0.3) is 0 Å². The fourth-order valence-electron chi connectivity index (χ4n) is 2.54. The van der Waals surface area contributed by atoms with Crippen molar-refractivity contribution in [3.05, 3.63) is 83.3 Å². The van der Waals surface area contributed by atoms with Gasteiger partial charge in [0.2, 0.25) is 0 Å². The summed E-state index contributed by atoms with van der Waals surface area (Å²) in [6, 6.07) is 7.18. The van der Waals surface area contributed by atoms with Crippen LogP contribution in [-0.4, -0.2) is 26.6 Å². The van der Waals surface area contributed by atoms with Crippen LogP contribution in [0.3, 0.4) is 0 Å². The second-order valence-corrected chi connectivity index (χ2v) is 6.21. The van der Waals surface area contributed by atoms with Gasteiger partial charge in [-0.15, -0.1) is 0 Å². The lowest BCUT2D eigenvalue weighted by atomic mass is 10.1. The van der Waals surface area contributed by atoms with Crippen molar-refractivity contribution in [3.8, 4) is 0 Å². The van der Waals surface area contributed by atoms with E-state index in [0.29, 0.717) is 18.8 Å². The third kappa shape index (κ3) is 5.19. The third-order valence-electron chi connectivity index (χ3n) is 4.20. The SMILES string of the molecule is CC/C(=N\OCc1cccnc1)c1ccc(NC(=O)c2cncc(F)c2C)nc1. The molecule has 29 heavy (non-hydrogen) atoms. The Morgan fingerprint density at radius 2 is 2.03 bits per heavy atom. The number of carbonyl (C=O) groups is 1. The van der Waals surface area contributed by atoms with Gasteiger partial charge in [-0.2, -0.15) is 0 Å². The van der Waals surface area contributed by atoms with E-state index in [1.807, 2.05) is 19.1 Å². The third-order valence-corrected chi connectivity index (χ3v) is 4.20. The van der Waals surface area contributed by atoms with E-state index >= 15 is 0 Å². The van der Waals surface area contributed by atoms with Crippen molar-refractivity contribution in [2.45, 2.75) is 26.9 Å². The number of rotatable bonds is 7. The monoisotopic (exact) mass is 393 g/mol. The van der Waals surface area contributed by atoms with Gasteiger partial charge in [0, 0.05) is 41.5 Å². The lowest BCUT2D eigenvalue weighted by Gasteiger charge is -2.08. The van der Waals surface area contributed by atoms with Gasteiger partial charge in [0.25, 0.3) is 5.91 Å². The van der Waals surface area contributed by atoms with Crippen molar-refractivity contribution in [1.82, 2.24) is 15.0 Å². The van der Waals surface area contributed by atoms with Crippen molar-refractivity contribution in [1.29, 1.82) is 0 Å². The molecule has 0 radical (unpaired) electrons. The quantitative estimate of drug-likeness (QED) is 0.486. The van der Waals surface area contributed by atoms with E-state index < -0.39 is 11.7 Å². The van der Waals surface area contributed by atoms with Crippen LogP contribution in [0.4, 0.5) is 10.2 Å². The van der Waals surface area contributed by atoms with E-state index in [1.165, 1.54) is 13.1 Å². The summed E-state index contributed by atoms with van der Waals surface area (Å²) in [4.78, 5) is 29.7. The molecule has 0 spiro atoms.